The Kier molecular flexibility index (Phi) is 5.67. The normalized spacial score (nSPS) is 12.0. The highest BCUT2D eigenvalue weighted by molar-refractivity contribution is 5.94. The van der Waals surface area contributed by atoms with Gasteiger partial charge in [0.1, 0.15) is 5.82 Å². The summed E-state index contributed by atoms with van der Waals surface area (Å²) in [7, 11) is 1.74. The third-order valence-corrected chi connectivity index (χ3v) is 3.68. The summed E-state index contributed by atoms with van der Waals surface area (Å²) in [5.41, 5.74) is 1.55. The summed E-state index contributed by atoms with van der Waals surface area (Å²) in [4.78, 5) is 14.0. The lowest BCUT2D eigenvalue weighted by Crippen LogP contribution is -2.31. The number of hydrogen-bond acceptors (Lipinski definition) is 2. The quantitative estimate of drug-likeness (QED) is 0.891. The zero-order valence-corrected chi connectivity index (χ0v) is 12.6. The van der Waals surface area contributed by atoms with Crippen molar-refractivity contribution in [2.24, 2.45) is 0 Å². The van der Waals surface area contributed by atoms with E-state index in [9.17, 15) is 14.3 Å². The number of benzene rings is 2. The van der Waals surface area contributed by atoms with Gasteiger partial charge in [0.25, 0.3) is 5.91 Å². The van der Waals surface area contributed by atoms with Crippen LogP contribution in [0.1, 0.15) is 28.3 Å². The Morgan fingerprint density at radius 1 is 1.14 bits per heavy atom. The number of likely N-dealkylation sites (N-methyl/N-ethyl adjacent to an activating group) is 1. The Bertz CT molecular complexity index is 598. The Hall–Kier alpha value is -2.20. The van der Waals surface area contributed by atoms with Gasteiger partial charge in [0.15, 0.2) is 0 Å². The van der Waals surface area contributed by atoms with Gasteiger partial charge in [-0.1, -0.05) is 30.3 Å². The Morgan fingerprint density at radius 2 is 1.77 bits per heavy atom. The number of halogens is 1. The molecule has 1 amide bonds. The fourth-order valence-corrected chi connectivity index (χ4v) is 2.47. The minimum atomic E-state index is -0.291. The van der Waals surface area contributed by atoms with Crippen LogP contribution in [0.25, 0.3) is 0 Å². The fourth-order valence-electron chi connectivity index (χ4n) is 2.47. The van der Waals surface area contributed by atoms with Crippen molar-refractivity contribution in [1.29, 1.82) is 0 Å². The van der Waals surface area contributed by atoms with E-state index in [1.807, 2.05) is 18.2 Å². The molecule has 0 saturated carbocycles. The minimum absolute atomic E-state index is 0.0232. The average Bonchev–Trinajstić information content (AvgIpc) is 2.55. The lowest BCUT2D eigenvalue weighted by Gasteiger charge is -2.24. The molecule has 116 valence electrons. The molecule has 0 bridgehead atoms. The SMILES string of the molecule is CN(CC(CCO)c1ccc(F)cc1)C(=O)c1ccccc1. The molecule has 1 atom stereocenters. The second-order valence-corrected chi connectivity index (χ2v) is 5.31. The van der Waals surface area contributed by atoms with Gasteiger partial charge in [-0.3, -0.25) is 4.79 Å². The molecule has 0 aliphatic heterocycles. The van der Waals surface area contributed by atoms with Crippen molar-refractivity contribution in [1.82, 2.24) is 4.90 Å². The maximum absolute atomic E-state index is 13.0. The largest absolute Gasteiger partial charge is 0.396 e. The first-order valence-electron chi connectivity index (χ1n) is 7.28. The van der Waals surface area contributed by atoms with Crippen LogP contribution in [0.5, 0.6) is 0 Å². The Balaban J connectivity index is 2.10. The van der Waals surface area contributed by atoms with Crippen LogP contribution < -0.4 is 0 Å². The van der Waals surface area contributed by atoms with Crippen LogP contribution in [-0.2, 0) is 0 Å². The van der Waals surface area contributed by atoms with Crippen molar-refractivity contribution >= 4 is 5.91 Å². The van der Waals surface area contributed by atoms with Crippen LogP contribution in [0.15, 0.2) is 54.6 Å². The molecule has 1 N–H and O–H groups in total. The first kappa shape index (κ1) is 16.2. The molecule has 0 fully saturated rings. The van der Waals surface area contributed by atoms with E-state index >= 15 is 0 Å². The van der Waals surface area contributed by atoms with Gasteiger partial charge in [0, 0.05) is 31.7 Å². The van der Waals surface area contributed by atoms with Gasteiger partial charge in [-0.25, -0.2) is 4.39 Å². The summed E-state index contributed by atoms with van der Waals surface area (Å²) in [5, 5.41) is 9.24. The summed E-state index contributed by atoms with van der Waals surface area (Å²) < 4.78 is 13.0. The number of aliphatic hydroxyl groups excluding tert-OH is 1. The van der Waals surface area contributed by atoms with Crippen LogP contribution in [0.2, 0.25) is 0 Å². The van der Waals surface area contributed by atoms with Crippen LogP contribution in [0, 0.1) is 5.82 Å². The van der Waals surface area contributed by atoms with E-state index in [4.69, 9.17) is 0 Å². The number of rotatable bonds is 6. The Morgan fingerprint density at radius 3 is 2.36 bits per heavy atom. The third-order valence-electron chi connectivity index (χ3n) is 3.68. The van der Waals surface area contributed by atoms with Gasteiger partial charge >= 0.3 is 0 Å². The van der Waals surface area contributed by atoms with Crippen molar-refractivity contribution in [3.8, 4) is 0 Å². The van der Waals surface area contributed by atoms with E-state index in [1.165, 1.54) is 12.1 Å². The number of carbonyl (C=O) groups is 1. The fraction of sp³-hybridized carbons (Fsp3) is 0.278. The molecule has 22 heavy (non-hydrogen) atoms. The smallest absolute Gasteiger partial charge is 0.253 e. The summed E-state index contributed by atoms with van der Waals surface area (Å²) in [6.07, 6.45) is 0.526. The predicted octanol–water partition coefficient (Wildman–Crippen LogP) is 3.06. The molecule has 2 rings (SSSR count). The van der Waals surface area contributed by atoms with E-state index in [1.54, 1.807) is 36.2 Å². The molecule has 4 heteroatoms. The second kappa shape index (κ2) is 7.71. The highest BCUT2D eigenvalue weighted by Gasteiger charge is 2.18. The summed E-state index contributed by atoms with van der Waals surface area (Å²) in [6, 6.07) is 15.3. The predicted molar refractivity (Wildman–Crippen MR) is 84.2 cm³/mol. The minimum Gasteiger partial charge on any atom is -0.396 e. The molecule has 0 aromatic heterocycles. The van der Waals surface area contributed by atoms with Gasteiger partial charge in [-0.05, 0) is 36.2 Å². The summed E-state index contributed by atoms with van der Waals surface area (Å²) >= 11 is 0. The van der Waals surface area contributed by atoms with E-state index in [-0.39, 0.29) is 24.2 Å². The molecule has 3 nitrogen and oxygen atoms in total. The highest BCUT2D eigenvalue weighted by atomic mass is 19.1. The van der Waals surface area contributed by atoms with Crippen molar-refractivity contribution in [3.63, 3.8) is 0 Å². The highest BCUT2D eigenvalue weighted by Crippen LogP contribution is 2.21. The van der Waals surface area contributed by atoms with E-state index < -0.39 is 0 Å². The average molecular weight is 301 g/mol. The molecule has 2 aromatic rings. The van der Waals surface area contributed by atoms with Gasteiger partial charge < -0.3 is 10.0 Å². The first-order chi connectivity index (χ1) is 10.6. The lowest BCUT2D eigenvalue weighted by molar-refractivity contribution is 0.0781. The number of aliphatic hydroxyl groups is 1. The van der Waals surface area contributed by atoms with Crippen molar-refractivity contribution in [3.05, 3.63) is 71.5 Å². The maximum atomic E-state index is 13.0. The van der Waals surface area contributed by atoms with Crippen LogP contribution >= 0.6 is 0 Å². The molecule has 0 aliphatic carbocycles. The molecular formula is C18H20FNO2. The molecule has 0 spiro atoms. The number of carbonyl (C=O) groups excluding carboxylic acids is 1. The van der Waals surface area contributed by atoms with E-state index in [2.05, 4.69) is 0 Å². The lowest BCUT2D eigenvalue weighted by atomic mass is 9.95. The summed E-state index contributed by atoms with van der Waals surface area (Å²) in [6.45, 7) is 0.495. The molecule has 2 aromatic carbocycles. The molecule has 0 radical (unpaired) electrons. The Labute approximate surface area is 130 Å². The van der Waals surface area contributed by atoms with Crippen molar-refractivity contribution < 1.29 is 14.3 Å². The molecule has 0 saturated heterocycles. The molecule has 1 unspecified atom stereocenters. The van der Waals surface area contributed by atoms with E-state index in [0.717, 1.165) is 5.56 Å². The molecular weight excluding hydrogens is 281 g/mol. The molecule has 0 heterocycles. The monoisotopic (exact) mass is 301 g/mol. The van der Waals surface area contributed by atoms with Gasteiger partial charge in [-0.15, -0.1) is 0 Å². The topological polar surface area (TPSA) is 40.5 Å². The van der Waals surface area contributed by atoms with E-state index in [0.29, 0.717) is 18.5 Å². The van der Waals surface area contributed by atoms with Crippen LogP contribution in [0.3, 0.4) is 0 Å². The van der Waals surface area contributed by atoms with Crippen LogP contribution in [-0.4, -0.2) is 36.1 Å². The third kappa shape index (κ3) is 4.15. The standard InChI is InChI=1S/C18H20FNO2/c1-20(18(22)15-5-3-2-4-6-15)13-16(11-12-21)14-7-9-17(19)10-8-14/h2-10,16,21H,11-13H2,1H3. The first-order valence-corrected chi connectivity index (χ1v) is 7.28. The number of hydrogen-bond donors (Lipinski definition) is 1. The zero-order valence-electron chi connectivity index (χ0n) is 12.6. The second-order valence-electron chi connectivity index (χ2n) is 5.31. The van der Waals surface area contributed by atoms with Gasteiger partial charge in [0.05, 0.1) is 0 Å². The van der Waals surface area contributed by atoms with Gasteiger partial charge in [0.2, 0.25) is 0 Å². The van der Waals surface area contributed by atoms with Crippen LogP contribution in [0.4, 0.5) is 4.39 Å². The number of amides is 1. The van der Waals surface area contributed by atoms with Crippen molar-refractivity contribution in [2.75, 3.05) is 20.2 Å². The zero-order chi connectivity index (χ0) is 15.9. The van der Waals surface area contributed by atoms with Crippen molar-refractivity contribution in [2.45, 2.75) is 12.3 Å². The summed E-state index contributed by atoms with van der Waals surface area (Å²) in [5.74, 6) is -0.380. The molecule has 0 aliphatic rings. The maximum Gasteiger partial charge on any atom is 0.253 e. The van der Waals surface area contributed by atoms with Gasteiger partial charge in [-0.2, -0.15) is 0 Å². The number of nitrogens with zero attached hydrogens (tertiary/aromatic N) is 1.